The van der Waals surface area contributed by atoms with E-state index >= 15 is 0 Å². The molecule has 1 nitrogen and oxygen atoms in total. The van der Waals surface area contributed by atoms with E-state index in [2.05, 4.69) is 25.4 Å². The van der Waals surface area contributed by atoms with Gasteiger partial charge in [-0.1, -0.05) is 6.92 Å². The van der Waals surface area contributed by atoms with Crippen LogP contribution in [0.15, 0.2) is 0 Å². The lowest BCUT2D eigenvalue weighted by molar-refractivity contribution is 0.417. The molecule has 0 amide bonds. The molecule has 0 saturated heterocycles. The van der Waals surface area contributed by atoms with Crippen LogP contribution in [-0.4, -0.2) is 25.1 Å². The van der Waals surface area contributed by atoms with E-state index in [4.69, 9.17) is 0 Å². The van der Waals surface area contributed by atoms with Gasteiger partial charge in [-0.05, 0) is 51.2 Å². The fourth-order valence-electron chi connectivity index (χ4n) is 1.42. The fraction of sp³-hybridized carbons (Fsp3) is 1.00. The van der Waals surface area contributed by atoms with E-state index in [1.165, 1.54) is 25.0 Å². The molecule has 0 heterocycles. The Labute approximate surface area is 81.7 Å². The molecule has 0 fully saturated rings. The van der Waals surface area contributed by atoms with Crippen LogP contribution >= 0.6 is 11.8 Å². The summed E-state index contributed by atoms with van der Waals surface area (Å²) in [5.41, 5.74) is 0. The van der Waals surface area contributed by atoms with E-state index < -0.39 is 0 Å². The van der Waals surface area contributed by atoms with Crippen molar-refractivity contribution in [3.05, 3.63) is 0 Å². The lowest BCUT2D eigenvalue weighted by Crippen LogP contribution is -2.23. The quantitative estimate of drug-likeness (QED) is 0.618. The van der Waals surface area contributed by atoms with Crippen molar-refractivity contribution in [1.29, 1.82) is 0 Å². The Bertz CT molecular complexity index is 95.8. The Morgan fingerprint density at radius 1 is 1.33 bits per heavy atom. The molecule has 0 aromatic rings. The monoisotopic (exact) mass is 189 g/mol. The van der Waals surface area contributed by atoms with E-state index in [0.29, 0.717) is 6.04 Å². The van der Waals surface area contributed by atoms with Gasteiger partial charge in [0.15, 0.2) is 0 Å². The number of hydrogen-bond donors (Lipinski definition) is 1. The van der Waals surface area contributed by atoms with Crippen molar-refractivity contribution in [3.63, 3.8) is 0 Å². The van der Waals surface area contributed by atoms with Crippen molar-refractivity contribution in [3.8, 4) is 0 Å². The summed E-state index contributed by atoms with van der Waals surface area (Å²) < 4.78 is 0. The maximum absolute atomic E-state index is 3.28. The van der Waals surface area contributed by atoms with Gasteiger partial charge in [0.25, 0.3) is 0 Å². The molecule has 0 rings (SSSR count). The molecule has 0 radical (unpaired) electrons. The molecule has 0 bridgehead atoms. The average molecular weight is 189 g/mol. The molecular formula is C10H23NS. The summed E-state index contributed by atoms with van der Waals surface area (Å²) in [6.45, 7) is 4.61. The number of nitrogens with one attached hydrogen (secondary N) is 1. The van der Waals surface area contributed by atoms with Crippen LogP contribution in [0, 0.1) is 5.92 Å². The van der Waals surface area contributed by atoms with Crippen molar-refractivity contribution < 1.29 is 0 Å². The van der Waals surface area contributed by atoms with Crippen molar-refractivity contribution >= 4 is 11.8 Å². The highest BCUT2D eigenvalue weighted by molar-refractivity contribution is 7.98. The van der Waals surface area contributed by atoms with Gasteiger partial charge in [-0.2, -0.15) is 11.8 Å². The van der Waals surface area contributed by atoms with Gasteiger partial charge in [0, 0.05) is 6.04 Å². The molecule has 0 aromatic heterocycles. The minimum absolute atomic E-state index is 0.675. The Kier molecular flexibility index (Phi) is 8.14. The first kappa shape index (κ1) is 12.3. The molecule has 2 heteroatoms. The summed E-state index contributed by atoms with van der Waals surface area (Å²) in [7, 11) is 2.04. The summed E-state index contributed by atoms with van der Waals surface area (Å²) in [4.78, 5) is 0. The molecule has 0 saturated carbocycles. The maximum atomic E-state index is 3.28. The fourth-order valence-corrected chi connectivity index (χ4v) is 1.87. The van der Waals surface area contributed by atoms with Crippen LogP contribution in [0.3, 0.4) is 0 Å². The first-order valence-electron chi connectivity index (χ1n) is 4.87. The smallest absolute Gasteiger partial charge is 0.00382 e. The van der Waals surface area contributed by atoms with Gasteiger partial charge in [-0.25, -0.2) is 0 Å². The minimum atomic E-state index is 0.675. The topological polar surface area (TPSA) is 12.0 Å². The summed E-state index contributed by atoms with van der Waals surface area (Å²) in [6, 6.07) is 0.675. The Morgan fingerprint density at radius 2 is 2.00 bits per heavy atom. The van der Waals surface area contributed by atoms with Gasteiger partial charge in [0.05, 0.1) is 0 Å². The van der Waals surface area contributed by atoms with Gasteiger partial charge in [-0.3, -0.25) is 0 Å². The van der Waals surface area contributed by atoms with E-state index in [9.17, 15) is 0 Å². The molecule has 74 valence electrons. The first-order valence-corrected chi connectivity index (χ1v) is 6.26. The predicted octanol–water partition coefficient (Wildman–Crippen LogP) is 2.76. The zero-order chi connectivity index (χ0) is 9.40. The van der Waals surface area contributed by atoms with Crippen molar-refractivity contribution in [1.82, 2.24) is 5.32 Å². The molecule has 0 spiro atoms. The van der Waals surface area contributed by atoms with Crippen LogP contribution in [0.4, 0.5) is 0 Å². The van der Waals surface area contributed by atoms with E-state index in [1.54, 1.807) is 0 Å². The number of rotatable bonds is 7. The lowest BCUT2D eigenvalue weighted by Gasteiger charge is -2.16. The van der Waals surface area contributed by atoms with Crippen molar-refractivity contribution in [2.45, 2.75) is 39.2 Å². The second-order valence-corrected chi connectivity index (χ2v) is 4.65. The number of thioether (sulfide) groups is 1. The molecule has 1 N–H and O–H groups in total. The van der Waals surface area contributed by atoms with Crippen LogP contribution in [0.1, 0.15) is 33.1 Å². The summed E-state index contributed by atoms with van der Waals surface area (Å²) in [5, 5.41) is 3.28. The van der Waals surface area contributed by atoms with Crippen molar-refractivity contribution in [2.75, 3.05) is 19.1 Å². The lowest BCUT2D eigenvalue weighted by atomic mass is 9.98. The average Bonchev–Trinajstić information content (AvgIpc) is 2.05. The van der Waals surface area contributed by atoms with E-state index in [-0.39, 0.29) is 0 Å². The molecule has 2 unspecified atom stereocenters. The zero-order valence-electron chi connectivity index (χ0n) is 8.89. The second kappa shape index (κ2) is 7.93. The highest BCUT2D eigenvalue weighted by Crippen LogP contribution is 2.13. The van der Waals surface area contributed by atoms with Gasteiger partial charge < -0.3 is 5.32 Å². The molecule has 12 heavy (non-hydrogen) atoms. The molecule has 2 atom stereocenters. The molecule has 0 aromatic carbocycles. The summed E-state index contributed by atoms with van der Waals surface area (Å²) in [6.07, 6.45) is 6.25. The van der Waals surface area contributed by atoms with E-state index in [0.717, 1.165) is 5.92 Å². The first-order chi connectivity index (χ1) is 5.70. The van der Waals surface area contributed by atoms with Gasteiger partial charge >= 0.3 is 0 Å². The molecule has 0 aliphatic carbocycles. The largest absolute Gasteiger partial charge is 0.317 e. The SMILES string of the molecule is CNC(C)CC(C)CCCSC. The van der Waals surface area contributed by atoms with Gasteiger partial charge in [0.1, 0.15) is 0 Å². The Hall–Kier alpha value is 0.310. The second-order valence-electron chi connectivity index (χ2n) is 3.67. The van der Waals surface area contributed by atoms with Gasteiger partial charge in [0.2, 0.25) is 0 Å². The number of hydrogen-bond acceptors (Lipinski definition) is 2. The standard InChI is InChI=1S/C10H23NS/c1-9(6-5-7-12-4)8-10(2)11-3/h9-11H,5-8H2,1-4H3. The summed E-state index contributed by atoms with van der Waals surface area (Å²) >= 11 is 1.95. The van der Waals surface area contributed by atoms with Crippen LogP contribution in [-0.2, 0) is 0 Å². The Morgan fingerprint density at radius 3 is 2.50 bits per heavy atom. The maximum Gasteiger partial charge on any atom is 0.00382 e. The van der Waals surface area contributed by atoms with Crippen LogP contribution in [0.2, 0.25) is 0 Å². The zero-order valence-corrected chi connectivity index (χ0v) is 9.71. The molecule has 0 aliphatic heterocycles. The third kappa shape index (κ3) is 6.99. The Balaban J connectivity index is 3.26. The highest BCUT2D eigenvalue weighted by Gasteiger charge is 2.05. The normalized spacial score (nSPS) is 16.0. The highest BCUT2D eigenvalue weighted by atomic mass is 32.2. The third-order valence-corrected chi connectivity index (χ3v) is 2.99. The van der Waals surface area contributed by atoms with Crippen LogP contribution in [0.5, 0.6) is 0 Å². The minimum Gasteiger partial charge on any atom is -0.317 e. The molecular weight excluding hydrogens is 166 g/mol. The summed E-state index contributed by atoms with van der Waals surface area (Å²) in [5.74, 6) is 2.19. The third-order valence-electron chi connectivity index (χ3n) is 2.29. The van der Waals surface area contributed by atoms with Crippen LogP contribution < -0.4 is 5.32 Å². The van der Waals surface area contributed by atoms with Crippen molar-refractivity contribution in [2.24, 2.45) is 5.92 Å². The van der Waals surface area contributed by atoms with Crippen LogP contribution in [0.25, 0.3) is 0 Å². The molecule has 0 aliphatic rings. The predicted molar refractivity (Wildman–Crippen MR) is 59.9 cm³/mol. The van der Waals surface area contributed by atoms with E-state index in [1.807, 2.05) is 18.8 Å². The van der Waals surface area contributed by atoms with Gasteiger partial charge in [-0.15, -0.1) is 0 Å².